The van der Waals surface area contributed by atoms with Gasteiger partial charge in [0.05, 0.1) is 16.8 Å². The summed E-state index contributed by atoms with van der Waals surface area (Å²) in [5, 5.41) is 3.21. The molecule has 0 saturated heterocycles. The van der Waals surface area contributed by atoms with Crippen molar-refractivity contribution in [1.29, 1.82) is 0 Å². The van der Waals surface area contributed by atoms with Crippen LogP contribution in [-0.2, 0) is 4.79 Å². The molecule has 1 atom stereocenters. The van der Waals surface area contributed by atoms with Gasteiger partial charge in [-0.25, -0.2) is 0 Å². The number of halogens is 1. The molecule has 0 aromatic heterocycles. The van der Waals surface area contributed by atoms with Crippen LogP contribution in [0.25, 0.3) is 0 Å². The Bertz CT molecular complexity index is 330. The van der Waals surface area contributed by atoms with Crippen LogP contribution in [0.2, 0.25) is 5.02 Å². The van der Waals surface area contributed by atoms with E-state index in [9.17, 15) is 4.79 Å². The average Bonchev–Trinajstić information content (AvgIpc) is 2.11. The maximum atomic E-state index is 11.3. The molecule has 0 heterocycles. The molecule has 1 aromatic rings. The van der Waals surface area contributed by atoms with E-state index in [1.807, 2.05) is 19.1 Å². The lowest BCUT2D eigenvalue weighted by Gasteiger charge is -2.11. The first-order valence-electron chi connectivity index (χ1n) is 4.34. The van der Waals surface area contributed by atoms with Crippen LogP contribution in [0.4, 0.5) is 5.69 Å². The molecule has 4 heteroatoms. The minimum absolute atomic E-state index is 0.235. The number of rotatable bonds is 2. The van der Waals surface area contributed by atoms with Crippen LogP contribution in [0, 0.1) is 6.92 Å². The van der Waals surface area contributed by atoms with Gasteiger partial charge in [-0.05, 0) is 25.5 Å². The summed E-state index contributed by atoms with van der Waals surface area (Å²) in [6.07, 6.45) is 0. The number of para-hydroxylation sites is 1. The molecule has 76 valence electrons. The summed E-state index contributed by atoms with van der Waals surface area (Å²) in [6, 6.07) is 4.90. The molecule has 0 spiro atoms. The third-order valence-electron chi connectivity index (χ3n) is 1.88. The molecule has 3 N–H and O–H groups in total. The van der Waals surface area contributed by atoms with E-state index in [-0.39, 0.29) is 5.91 Å². The summed E-state index contributed by atoms with van der Waals surface area (Å²) in [5.74, 6) is -0.235. The molecule has 0 aliphatic heterocycles. The Kier molecular flexibility index (Phi) is 3.49. The van der Waals surface area contributed by atoms with Crippen LogP contribution in [0.1, 0.15) is 12.5 Å². The Morgan fingerprint density at radius 2 is 2.21 bits per heavy atom. The third kappa shape index (κ3) is 2.47. The van der Waals surface area contributed by atoms with Crippen molar-refractivity contribution in [3.05, 3.63) is 28.8 Å². The normalized spacial score (nSPS) is 12.3. The standard InChI is InChI=1S/C10H13ClN2O/c1-6-4-3-5-8(11)9(6)13-10(14)7(2)12/h3-5,7H,12H2,1-2H3,(H,13,14)/t7-/m0/s1. The first kappa shape index (κ1) is 11.0. The van der Waals surface area contributed by atoms with Gasteiger partial charge in [0.25, 0.3) is 0 Å². The number of hydrogen-bond acceptors (Lipinski definition) is 2. The largest absolute Gasteiger partial charge is 0.323 e. The number of hydrogen-bond donors (Lipinski definition) is 2. The predicted octanol–water partition coefficient (Wildman–Crippen LogP) is 1.93. The molecule has 0 aliphatic carbocycles. The van der Waals surface area contributed by atoms with Crippen molar-refractivity contribution in [3.63, 3.8) is 0 Å². The number of aryl methyl sites for hydroxylation is 1. The van der Waals surface area contributed by atoms with Gasteiger partial charge in [-0.1, -0.05) is 23.7 Å². The Hall–Kier alpha value is -1.06. The topological polar surface area (TPSA) is 55.1 Å². The fraction of sp³-hybridized carbons (Fsp3) is 0.300. The Morgan fingerprint density at radius 1 is 1.57 bits per heavy atom. The van der Waals surface area contributed by atoms with E-state index in [1.165, 1.54) is 0 Å². The van der Waals surface area contributed by atoms with Gasteiger partial charge >= 0.3 is 0 Å². The smallest absolute Gasteiger partial charge is 0.241 e. The highest BCUT2D eigenvalue weighted by Crippen LogP contribution is 2.25. The minimum atomic E-state index is -0.536. The second-order valence-corrected chi connectivity index (χ2v) is 3.62. The highest BCUT2D eigenvalue weighted by molar-refractivity contribution is 6.34. The number of benzene rings is 1. The Labute approximate surface area is 88.2 Å². The molecule has 1 aromatic carbocycles. The predicted molar refractivity (Wildman–Crippen MR) is 58.5 cm³/mol. The van der Waals surface area contributed by atoms with Crippen LogP contribution in [0.15, 0.2) is 18.2 Å². The van der Waals surface area contributed by atoms with Crippen molar-refractivity contribution in [2.24, 2.45) is 5.73 Å². The summed E-state index contributed by atoms with van der Waals surface area (Å²) in [7, 11) is 0. The van der Waals surface area contributed by atoms with Gasteiger partial charge in [0.15, 0.2) is 0 Å². The van der Waals surface area contributed by atoms with E-state index in [2.05, 4.69) is 5.32 Å². The molecule has 0 fully saturated rings. The number of nitrogens with one attached hydrogen (secondary N) is 1. The summed E-state index contributed by atoms with van der Waals surface area (Å²) < 4.78 is 0. The lowest BCUT2D eigenvalue weighted by atomic mass is 10.2. The quantitative estimate of drug-likeness (QED) is 0.787. The maximum absolute atomic E-state index is 11.3. The van der Waals surface area contributed by atoms with E-state index in [4.69, 9.17) is 17.3 Å². The van der Waals surface area contributed by atoms with Gasteiger partial charge in [-0.15, -0.1) is 0 Å². The average molecular weight is 213 g/mol. The number of anilines is 1. The molecule has 3 nitrogen and oxygen atoms in total. The van der Waals surface area contributed by atoms with E-state index >= 15 is 0 Å². The fourth-order valence-corrected chi connectivity index (χ4v) is 1.30. The van der Waals surface area contributed by atoms with Crippen molar-refractivity contribution in [1.82, 2.24) is 0 Å². The van der Waals surface area contributed by atoms with Crippen LogP contribution in [0.5, 0.6) is 0 Å². The van der Waals surface area contributed by atoms with Crippen LogP contribution in [-0.4, -0.2) is 11.9 Å². The number of carbonyl (C=O) groups is 1. The molecule has 14 heavy (non-hydrogen) atoms. The Balaban J connectivity index is 2.91. The SMILES string of the molecule is Cc1cccc(Cl)c1NC(=O)[C@H](C)N. The number of amides is 1. The second kappa shape index (κ2) is 4.44. The van der Waals surface area contributed by atoms with Crippen molar-refractivity contribution in [2.75, 3.05) is 5.32 Å². The van der Waals surface area contributed by atoms with Gasteiger partial charge < -0.3 is 11.1 Å². The molecule has 0 radical (unpaired) electrons. The molecule has 0 saturated carbocycles. The van der Waals surface area contributed by atoms with E-state index in [0.29, 0.717) is 10.7 Å². The lowest BCUT2D eigenvalue weighted by molar-refractivity contribution is -0.117. The highest BCUT2D eigenvalue weighted by atomic mass is 35.5. The van der Waals surface area contributed by atoms with E-state index < -0.39 is 6.04 Å². The van der Waals surface area contributed by atoms with Crippen molar-refractivity contribution in [2.45, 2.75) is 19.9 Å². The van der Waals surface area contributed by atoms with Gasteiger partial charge in [-0.2, -0.15) is 0 Å². The number of nitrogens with two attached hydrogens (primary N) is 1. The lowest BCUT2D eigenvalue weighted by Crippen LogP contribution is -2.32. The van der Waals surface area contributed by atoms with Crippen molar-refractivity contribution < 1.29 is 4.79 Å². The Morgan fingerprint density at radius 3 is 2.71 bits per heavy atom. The monoisotopic (exact) mass is 212 g/mol. The van der Waals surface area contributed by atoms with E-state index in [1.54, 1.807) is 13.0 Å². The van der Waals surface area contributed by atoms with Crippen LogP contribution >= 0.6 is 11.6 Å². The zero-order valence-electron chi connectivity index (χ0n) is 8.17. The molecular formula is C10H13ClN2O. The van der Waals surface area contributed by atoms with Crippen molar-refractivity contribution >= 4 is 23.2 Å². The van der Waals surface area contributed by atoms with Gasteiger partial charge in [0, 0.05) is 0 Å². The molecule has 0 bridgehead atoms. The summed E-state index contributed by atoms with van der Waals surface area (Å²) in [6.45, 7) is 3.50. The first-order chi connectivity index (χ1) is 6.52. The summed E-state index contributed by atoms with van der Waals surface area (Å²) in [4.78, 5) is 11.3. The van der Waals surface area contributed by atoms with Gasteiger partial charge in [-0.3, -0.25) is 4.79 Å². The molecular weight excluding hydrogens is 200 g/mol. The molecule has 1 amide bonds. The highest BCUT2D eigenvalue weighted by Gasteiger charge is 2.10. The van der Waals surface area contributed by atoms with E-state index in [0.717, 1.165) is 5.56 Å². The van der Waals surface area contributed by atoms with Crippen molar-refractivity contribution in [3.8, 4) is 0 Å². The van der Waals surface area contributed by atoms with Gasteiger partial charge in [0.2, 0.25) is 5.91 Å². The van der Waals surface area contributed by atoms with Crippen LogP contribution in [0.3, 0.4) is 0 Å². The number of carbonyl (C=O) groups excluding carboxylic acids is 1. The minimum Gasteiger partial charge on any atom is -0.323 e. The zero-order valence-corrected chi connectivity index (χ0v) is 8.93. The maximum Gasteiger partial charge on any atom is 0.241 e. The first-order valence-corrected chi connectivity index (χ1v) is 4.71. The third-order valence-corrected chi connectivity index (χ3v) is 2.20. The molecule has 0 unspecified atom stereocenters. The molecule has 1 rings (SSSR count). The zero-order chi connectivity index (χ0) is 10.7. The summed E-state index contributed by atoms with van der Waals surface area (Å²) >= 11 is 5.92. The summed E-state index contributed by atoms with van der Waals surface area (Å²) in [5.41, 5.74) is 6.99. The molecule has 0 aliphatic rings. The fourth-order valence-electron chi connectivity index (χ4n) is 1.03. The second-order valence-electron chi connectivity index (χ2n) is 3.21. The van der Waals surface area contributed by atoms with Gasteiger partial charge in [0.1, 0.15) is 0 Å². The van der Waals surface area contributed by atoms with Crippen LogP contribution < -0.4 is 11.1 Å².